The molecular formula is C19H14N2O. The van der Waals surface area contributed by atoms with Crippen LogP contribution in [0.3, 0.4) is 0 Å². The minimum absolute atomic E-state index is 0.0261. The van der Waals surface area contributed by atoms with Crippen molar-refractivity contribution in [1.82, 2.24) is 4.52 Å². The number of hydrogen-bond acceptors (Lipinski definition) is 1. The van der Waals surface area contributed by atoms with Gasteiger partial charge < -0.3 is 5.11 Å². The van der Waals surface area contributed by atoms with Crippen molar-refractivity contribution in [3.8, 4) is 11.1 Å². The Bertz CT molecular complexity index is 972. The predicted molar refractivity (Wildman–Crippen MR) is 82.7 cm³/mol. The van der Waals surface area contributed by atoms with E-state index in [4.69, 9.17) is 0 Å². The zero-order chi connectivity index (χ0) is 14.9. The van der Waals surface area contributed by atoms with E-state index in [-0.39, 0.29) is 5.76 Å². The molecule has 0 radical (unpaired) electrons. The second kappa shape index (κ2) is 5.04. The standard InChI is InChI=1S/C19H14N2O/c22-19(16-10-5-2-6-11-16)18-17(15-8-3-1-4-9-15)14-20-12-7-13-21(18)20/h1-14H/b19-18+. The molecule has 0 aliphatic rings. The average Bonchev–Trinajstić information content (AvgIpc) is 3.16. The molecular weight excluding hydrogens is 272 g/mol. The van der Waals surface area contributed by atoms with Crippen LogP contribution in [0, 0.1) is 0 Å². The smallest absolute Gasteiger partial charge is 0.210 e. The Morgan fingerprint density at radius 3 is 2.27 bits per heavy atom. The summed E-state index contributed by atoms with van der Waals surface area (Å²) in [6.45, 7) is 0. The maximum Gasteiger partial charge on any atom is 0.210 e. The maximum absolute atomic E-state index is 13.0. The van der Waals surface area contributed by atoms with E-state index in [0.29, 0.717) is 10.9 Å². The van der Waals surface area contributed by atoms with Gasteiger partial charge in [-0.15, -0.1) is 4.52 Å². The summed E-state index contributed by atoms with van der Waals surface area (Å²) in [6.07, 6.45) is 5.84. The van der Waals surface area contributed by atoms with Crippen molar-refractivity contribution in [3.05, 3.63) is 96.2 Å². The molecule has 22 heavy (non-hydrogen) atoms. The highest BCUT2D eigenvalue weighted by atomic mass is 16.3. The first-order valence-electron chi connectivity index (χ1n) is 7.18. The molecule has 0 bridgehead atoms. The predicted octanol–water partition coefficient (Wildman–Crippen LogP) is 1.43. The molecule has 0 amide bonds. The summed E-state index contributed by atoms with van der Waals surface area (Å²) in [4.78, 5) is 0. The van der Waals surface area contributed by atoms with Gasteiger partial charge in [-0.25, -0.2) is 0 Å². The van der Waals surface area contributed by atoms with Crippen LogP contribution < -0.4 is 15.0 Å². The van der Waals surface area contributed by atoms with Crippen molar-refractivity contribution >= 4 is 5.76 Å². The molecule has 3 nitrogen and oxygen atoms in total. The van der Waals surface area contributed by atoms with Crippen molar-refractivity contribution in [3.63, 3.8) is 0 Å². The molecule has 0 fully saturated rings. The van der Waals surface area contributed by atoms with Gasteiger partial charge in [0, 0.05) is 6.07 Å². The van der Waals surface area contributed by atoms with Crippen molar-refractivity contribution < 1.29 is 9.62 Å². The van der Waals surface area contributed by atoms with E-state index >= 15 is 0 Å². The Morgan fingerprint density at radius 2 is 1.55 bits per heavy atom. The Kier molecular flexibility index (Phi) is 2.90. The number of rotatable bonds is 2. The first-order chi connectivity index (χ1) is 10.8. The van der Waals surface area contributed by atoms with Crippen LogP contribution in [-0.4, -0.2) is 4.52 Å². The molecule has 106 valence electrons. The van der Waals surface area contributed by atoms with Crippen LogP contribution in [0.5, 0.6) is 0 Å². The van der Waals surface area contributed by atoms with E-state index in [0.717, 1.165) is 11.1 Å². The fourth-order valence-corrected chi connectivity index (χ4v) is 2.75. The lowest BCUT2D eigenvalue weighted by Gasteiger charge is -2.11. The molecule has 2 aromatic heterocycles. The van der Waals surface area contributed by atoms with Crippen LogP contribution in [0.2, 0.25) is 0 Å². The molecule has 0 aliphatic heterocycles. The Hall–Kier alpha value is -3.07. The minimum Gasteiger partial charge on any atom is -0.870 e. The zero-order valence-corrected chi connectivity index (χ0v) is 11.9. The summed E-state index contributed by atoms with van der Waals surface area (Å²) in [5.41, 5.74) is 2.68. The van der Waals surface area contributed by atoms with Crippen LogP contribution in [0.4, 0.5) is 0 Å². The second-order valence-corrected chi connectivity index (χ2v) is 5.17. The van der Waals surface area contributed by atoms with Gasteiger partial charge in [0.15, 0.2) is 0 Å². The van der Waals surface area contributed by atoms with Crippen molar-refractivity contribution in [2.24, 2.45) is 0 Å². The molecule has 0 spiro atoms. The molecule has 4 aromatic rings. The molecule has 2 aromatic carbocycles. The maximum atomic E-state index is 13.0. The third-order valence-corrected chi connectivity index (χ3v) is 3.80. The van der Waals surface area contributed by atoms with Gasteiger partial charge in [0.05, 0.1) is 11.8 Å². The fraction of sp³-hybridized carbons (Fsp3) is 0. The topological polar surface area (TPSA) is 31.6 Å². The van der Waals surface area contributed by atoms with Gasteiger partial charge in [-0.2, -0.15) is 0 Å². The first kappa shape index (κ1) is 12.7. The second-order valence-electron chi connectivity index (χ2n) is 5.17. The molecule has 0 atom stereocenters. The Balaban J connectivity index is 2.10. The fourth-order valence-electron chi connectivity index (χ4n) is 2.75. The largest absolute Gasteiger partial charge is 0.870 e. The summed E-state index contributed by atoms with van der Waals surface area (Å²) in [5, 5.41) is 13.7. The lowest BCUT2D eigenvalue weighted by Crippen LogP contribution is -2.31. The van der Waals surface area contributed by atoms with Crippen molar-refractivity contribution in [2.75, 3.05) is 0 Å². The zero-order valence-electron chi connectivity index (χ0n) is 11.9. The highest BCUT2D eigenvalue weighted by molar-refractivity contribution is 5.68. The quantitative estimate of drug-likeness (QED) is 0.513. The van der Waals surface area contributed by atoms with E-state index < -0.39 is 0 Å². The van der Waals surface area contributed by atoms with Gasteiger partial charge in [0.1, 0.15) is 5.35 Å². The highest BCUT2D eigenvalue weighted by Crippen LogP contribution is 2.15. The van der Waals surface area contributed by atoms with Crippen LogP contribution in [0.25, 0.3) is 16.9 Å². The van der Waals surface area contributed by atoms with Gasteiger partial charge in [0.25, 0.3) is 0 Å². The Morgan fingerprint density at radius 1 is 0.864 bits per heavy atom. The van der Waals surface area contributed by atoms with E-state index in [1.807, 2.05) is 94.4 Å². The van der Waals surface area contributed by atoms with E-state index in [1.54, 1.807) is 0 Å². The van der Waals surface area contributed by atoms with Gasteiger partial charge in [-0.05, 0) is 11.1 Å². The van der Waals surface area contributed by atoms with Crippen LogP contribution in [0.15, 0.2) is 85.3 Å². The van der Waals surface area contributed by atoms with Crippen molar-refractivity contribution in [1.29, 1.82) is 0 Å². The van der Waals surface area contributed by atoms with Gasteiger partial charge in [-0.1, -0.05) is 70.9 Å². The average molecular weight is 286 g/mol. The number of aromatic nitrogens is 2. The lowest BCUT2D eigenvalue weighted by atomic mass is 10.1. The summed E-state index contributed by atoms with van der Waals surface area (Å²) in [7, 11) is 0. The van der Waals surface area contributed by atoms with Crippen LogP contribution in [0.1, 0.15) is 5.56 Å². The third-order valence-electron chi connectivity index (χ3n) is 3.80. The van der Waals surface area contributed by atoms with Gasteiger partial charge >= 0.3 is 0 Å². The van der Waals surface area contributed by atoms with Crippen molar-refractivity contribution in [2.45, 2.75) is 0 Å². The van der Waals surface area contributed by atoms with Gasteiger partial charge in [-0.3, -0.25) is 0 Å². The molecule has 0 aliphatic carbocycles. The number of benzene rings is 2. The molecule has 4 rings (SSSR count). The summed E-state index contributed by atoms with van der Waals surface area (Å²) in [5.74, 6) is 0.0261. The Labute approximate surface area is 128 Å². The number of nitrogens with zero attached hydrogens (tertiary/aromatic N) is 2. The number of hydrogen-bond donors (Lipinski definition) is 0. The van der Waals surface area contributed by atoms with E-state index in [2.05, 4.69) is 0 Å². The normalized spacial score (nSPS) is 12.5. The molecule has 0 saturated carbocycles. The molecule has 0 N–H and O–H groups in total. The van der Waals surface area contributed by atoms with Crippen LogP contribution >= 0.6 is 0 Å². The molecule has 3 heteroatoms. The highest BCUT2D eigenvalue weighted by Gasteiger charge is 2.14. The summed E-state index contributed by atoms with van der Waals surface area (Å²) < 4.78 is 3.82. The summed E-state index contributed by atoms with van der Waals surface area (Å²) >= 11 is 0. The molecule has 0 unspecified atom stereocenters. The summed E-state index contributed by atoms with van der Waals surface area (Å²) in [6, 6.07) is 21.3. The van der Waals surface area contributed by atoms with E-state index in [9.17, 15) is 5.11 Å². The SMILES string of the molecule is [O-]/C(c1ccccc1)=c1\c(-c2ccccc2)c[n+]2cccn12. The van der Waals surface area contributed by atoms with Crippen LogP contribution in [-0.2, 0) is 0 Å². The monoisotopic (exact) mass is 286 g/mol. The molecule has 2 heterocycles. The first-order valence-corrected chi connectivity index (χ1v) is 7.18. The van der Waals surface area contributed by atoms with E-state index in [1.165, 1.54) is 0 Å². The minimum atomic E-state index is 0.0261. The third kappa shape index (κ3) is 1.95. The van der Waals surface area contributed by atoms with Gasteiger partial charge in [0.2, 0.25) is 12.4 Å². The molecule has 0 saturated heterocycles. The number of fused-ring (bicyclic) bond motifs is 1. The lowest BCUT2D eigenvalue weighted by molar-refractivity contribution is -0.613.